The second kappa shape index (κ2) is 7.53. The van der Waals surface area contributed by atoms with Gasteiger partial charge in [-0.1, -0.05) is 0 Å². The molecule has 0 amide bonds. The molecule has 0 bridgehead atoms. The molecule has 1 fully saturated rings. The van der Waals surface area contributed by atoms with Crippen molar-refractivity contribution in [2.75, 3.05) is 18.0 Å². The first-order valence-electron chi connectivity index (χ1n) is 9.02. The summed E-state index contributed by atoms with van der Waals surface area (Å²) in [5.41, 5.74) is 0.339. The fourth-order valence-electron chi connectivity index (χ4n) is 3.58. The van der Waals surface area contributed by atoms with Gasteiger partial charge in [-0.15, -0.1) is 0 Å². The molecule has 0 aliphatic carbocycles. The molecular weight excluding hydrogens is 369 g/mol. The molecule has 1 aromatic carbocycles. The largest absolute Gasteiger partial charge is 0.356 e. The summed E-state index contributed by atoms with van der Waals surface area (Å²) in [5.74, 6) is -2.43. The highest BCUT2D eigenvalue weighted by Crippen LogP contribution is 2.32. The van der Waals surface area contributed by atoms with Crippen LogP contribution in [-0.4, -0.2) is 34.3 Å². The molecule has 8 heteroatoms. The van der Waals surface area contributed by atoms with Crippen molar-refractivity contribution in [1.82, 2.24) is 15.0 Å². The van der Waals surface area contributed by atoms with Gasteiger partial charge in [0.25, 0.3) is 0 Å². The number of hydrogen-bond donors (Lipinski definition) is 0. The third-order valence-electron chi connectivity index (χ3n) is 5.01. The second-order valence-corrected chi connectivity index (χ2v) is 6.85. The van der Waals surface area contributed by atoms with Gasteiger partial charge in [-0.25, -0.2) is 23.1 Å². The number of aromatic nitrogens is 3. The van der Waals surface area contributed by atoms with Gasteiger partial charge in [0.05, 0.1) is 16.5 Å². The average molecular weight is 386 g/mol. The number of carbonyl (C=O) groups is 1. The monoisotopic (exact) mass is 386 g/mol. The Morgan fingerprint density at radius 3 is 2.79 bits per heavy atom. The molecule has 28 heavy (non-hydrogen) atoms. The highest BCUT2D eigenvalue weighted by Gasteiger charge is 2.26. The molecule has 3 heterocycles. The van der Waals surface area contributed by atoms with Gasteiger partial charge in [-0.05, 0) is 30.9 Å². The Bertz CT molecular complexity index is 1040. The van der Waals surface area contributed by atoms with Crippen molar-refractivity contribution in [3.05, 3.63) is 48.0 Å². The highest BCUT2D eigenvalue weighted by atomic mass is 19.2. The first kappa shape index (κ1) is 18.3. The fourth-order valence-corrected chi connectivity index (χ4v) is 3.58. The maximum Gasteiger partial charge on any atom is 0.165 e. The Morgan fingerprint density at radius 2 is 1.96 bits per heavy atom. The number of pyridine rings is 1. The van der Waals surface area contributed by atoms with Crippen molar-refractivity contribution in [3.8, 4) is 11.4 Å². The maximum absolute atomic E-state index is 14.3. The summed E-state index contributed by atoms with van der Waals surface area (Å²) in [7, 11) is 0. The first-order valence-corrected chi connectivity index (χ1v) is 9.02. The van der Waals surface area contributed by atoms with Crippen LogP contribution in [0.2, 0.25) is 0 Å². The van der Waals surface area contributed by atoms with Crippen molar-refractivity contribution in [3.63, 3.8) is 0 Å². The average Bonchev–Trinajstić information content (AvgIpc) is 3.17. The minimum absolute atomic E-state index is 0.0126. The molecule has 0 N–H and O–H groups in total. The summed E-state index contributed by atoms with van der Waals surface area (Å²) >= 11 is 0. The predicted octanol–water partition coefficient (Wildman–Crippen LogP) is 3.91. The van der Waals surface area contributed by atoms with E-state index < -0.39 is 17.5 Å². The SMILES string of the molecule is O=CCCC1CCN(c2nc(-c3cc(F)c(F)cc3F)nc3ccncc23)C1. The third kappa shape index (κ3) is 3.42. The molecule has 1 saturated heterocycles. The summed E-state index contributed by atoms with van der Waals surface area (Å²) < 4.78 is 41.3. The van der Waals surface area contributed by atoms with E-state index in [0.29, 0.717) is 41.7 Å². The molecule has 2 aromatic heterocycles. The molecular formula is C20H17F3N4O. The summed E-state index contributed by atoms with van der Waals surface area (Å²) in [6.07, 6.45) is 6.32. The minimum Gasteiger partial charge on any atom is -0.356 e. The van der Waals surface area contributed by atoms with Crippen LogP contribution in [-0.2, 0) is 4.79 Å². The van der Waals surface area contributed by atoms with Gasteiger partial charge in [0, 0.05) is 38.0 Å². The number of anilines is 1. The van der Waals surface area contributed by atoms with Crippen molar-refractivity contribution >= 4 is 23.0 Å². The maximum atomic E-state index is 14.3. The van der Waals surface area contributed by atoms with Crippen LogP contribution in [0.25, 0.3) is 22.3 Å². The van der Waals surface area contributed by atoms with Gasteiger partial charge >= 0.3 is 0 Å². The summed E-state index contributed by atoms with van der Waals surface area (Å²) in [4.78, 5) is 25.6. The van der Waals surface area contributed by atoms with Crippen LogP contribution >= 0.6 is 0 Å². The minimum atomic E-state index is -1.26. The van der Waals surface area contributed by atoms with E-state index in [1.54, 1.807) is 18.5 Å². The van der Waals surface area contributed by atoms with Crippen LogP contribution in [0.4, 0.5) is 19.0 Å². The molecule has 0 saturated carbocycles. The third-order valence-corrected chi connectivity index (χ3v) is 5.01. The highest BCUT2D eigenvalue weighted by molar-refractivity contribution is 5.90. The Balaban J connectivity index is 1.79. The zero-order chi connectivity index (χ0) is 19.7. The van der Waals surface area contributed by atoms with E-state index in [2.05, 4.69) is 15.0 Å². The van der Waals surface area contributed by atoms with Gasteiger partial charge in [-0.3, -0.25) is 4.98 Å². The Labute approximate surface area is 159 Å². The van der Waals surface area contributed by atoms with Gasteiger partial charge in [0.2, 0.25) is 0 Å². The Morgan fingerprint density at radius 1 is 1.14 bits per heavy atom. The van der Waals surface area contributed by atoms with Gasteiger partial charge in [-0.2, -0.15) is 0 Å². The molecule has 4 rings (SSSR count). The van der Waals surface area contributed by atoms with E-state index in [-0.39, 0.29) is 11.4 Å². The Hall–Kier alpha value is -3.03. The first-order chi connectivity index (χ1) is 13.6. The predicted molar refractivity (Wildman–Crippen MR) is 98.3 cm³/mol. The zero-order valence-corrected chi connectivity index (χ0v) is 14.9. The summed E-state index contributed by atoms with van der Waals surface area (Å²) in [6, 6.07) is 2.94. The zero-order valence-electron chi connectivity index (χ0n) is 14.9. The normalized spacial score (nSPS) is 16.7. The van der Waals surface area contributed by atoms with Crippen molar-refractivity contribution < 1.29 is 18.0 Å². The molecule has 1 aliphatic rings. The lowest BCUT2D eigenvalue weighted by Crippen LogP contribution is -2.22. The van der Waals surface area contributed by atoms with Crippen molar-refractivity contribution in [2.24, 2.45) is 5.92 Å². The van der Waals surface area contributed by atoms with E-state index in [0.717, 1.165) is 31.7 Å². The molecule has 1 unspecified atom stereocenters. The number of rotatable bonds is 5. The lowest BCUT2D eigenvalue weighted by Gasteiger charge is -2.20. The quantitative estimate of drug-likeness (QED) is 0.491. The standard InChI is InChI=1S/C20H17F3N4O/c21-15-9-17(23)16(22)8-13(15)19-25-18-3-5-24-10-14(18)20(26-19)27-6-4-12(11-27)2-1-7-28/h3,5,7-10,12H,1-2,4,6,11H2. The number of benzene rings is 1. The molecule has 0 spiro atoms. The fraction of sp³-hybridized carbons (Fsp3) is 0.300. The van der Waals surface area contributed by atoms with Crippen LogP contribution in [0.15, 0.2) is 30.6 Å². The number of nitrogens with zero attached hydrogens (tertiary/aromatic N) is 4. The van der Waals surface area contributed by atoms with Crippen molar-refractivity contribution in [1.29, 1.82) is 0 Å². The van der Waals surface area contributed by atoms with E-state index in [1.807, 2.05) is 4.90 Å². The topological polar surface area (TPSA) is 59.0 Å². The van der Waals surface area contributed by atoms with Crippen LogP contribution in [0, 0.1) is 23.4 Å². The number of aldehydes is 1. The number of halogens is 3. The number of carbonyl (C=O) groups excluding carboxylic acids is 1. The van der Waals surface area contributed by atoms with Crippen LogP contribution < -0.4 is 4.90 Å². The molecule has 1 atom stereocenters. The van der Waals surface area contributed by atoms with Crippen molar-refractivity contribution in [2.45, 2.75) is 19.3 Å². The van der Waals surface area contributed by atoms with E-state index in [1.165, 1.54) is 0 Å². The molecule has 1 aliphatic heterocycles. The van der Waals surface area contributed by atoms with Crippen LogP contribution in [0.1, 0.15) is 19.3 Å². The summed E-state index contributed by atoms with van der Waals surface area (Å²) in [6.45, 7) is 1.43. The van der Waals surface area contributed by atoms with E-state index in [4.69, 9.17) is 0 Å². The molecule has 144 valence electrons. The van der Waals surface area contributed by atoms with E-state index >= 15 is 0 Å². The van der Waals surface area contributed by atoms with E-state index in [9.17, 15) is 18.0 Å². The lowest BCUT2D eigenvalue weighted by atomic mass is 10.0. The number of hydrogen-bond acceptors (Lipinski definition) is 5. The second-order valence-electron chi connectivity index (χ2n) is 6.85. The Kier molecular flexibility index (Phi) is 4.93. The summed E-state index contributed by atoms with van der Waals surface area (Å²) in [5, 5.41) is 0.699. The van der Waals surface area contributed by atoms with Gasteiger partial charge in [0.15, 0.2) is 17.5 Å². The van der Waals surface area contributed by atoms with Crippen LogP contribution in [0.5, 0.6) is 0 Å². The van der Waals surface area contributed by atoms with Gasteiger partial charge < -0.3 is 9.69 Å². The van der Waals surface area contributed by atoms with Crippen LogP contribution in [0.3, 0.4) is 0 Å². The molecule has 3 aromatic rings. The molecule has 5 nitrogen and oxygen atoms in total. The van der Waals surface area contributed by atoms with Gasteiger partial charge in [0.1, 0.15) is 17.9 Å². The number of fused-ring (bicyclic) bond motifs is 1. The smallest absolute Gasteiger partial charge is 0.165 e. The molecule has 0 radical (unpaired) electrons. The lowest BCUT2D eigenvalue weighted by molar-refractivity contribution is -0.108.